The molecule has 0 aromatic rings. The van der Waals surface area contributed by atoms with Crippen molar-refractivity contribution < 1.29 is 8.42 Å². The van der Waals surface area contributed by atoms with Crippen LogP contribution in [0.2, 0.25) is 0 Å². The molecule has 1 N–H and O–H groups in total. The van der Waals surface area contributed by atoms with E-state index in [1.807, 2.05) is 6.07 Å². The number of nitrogens with zero attached hydrogens (tertiary/aromatic N) is 1. The van der Waals surface area contributed by atoms with Crippen molar-refractivity contribution in [3.63, 3.8) is 0 Å². The molecular weight excluding hydrogens is 188 g/mol. The van der Waals surface area contributed by atoms with Crippen molar-refractivity contribution in [1.29, 1.82) is 5.26 Å². The van der Waals surface area contributed by atoms with Crippen molar-refractivity contribution in [2.24, 2.45) is 0 Å². The van der Waals surface area contributed by atoms with E-state index in [9.17, 15) is 8.42 Å². The Balaban J connectivity index is 4.01. The lowest BCUT2D eigenvalue weighted by Gasteiger charge is -2.19. The third kappa shape index (κ3) is 4.25. The lowest BCUT2D eigenvalue weighted by atomic mass is 10.3. The zero-order chi connectivity index (χ0) is 10.5. The fourth-order valence-electron chi connectivity index (χ4n) is 0.590. The van der Waals surface area contributed by atoms with E-state index in [1.165, 1.54) is 0 Å². The van der Waals surface area contributed by atoms with Gasteiger partial charge in [-0.1, -0.05) is 0 Å². The van der Waals surface area contributed by atoms with Gasteiger partial charge in [-0.05, 0) is 27.2 Å². The lowest BCUT2D eigenvalue weighted by molar-refractivity contribution is 0.543. The first kappa shape index (κ1) is 12.4. The van der Waals surface area contributed by atoms with E-state index in [2.05, 4.69) is 4.72 Å². The SMILES string of the molecule is CC(C)(C)S(=O)(=O)NCCCC#N. The summed E-state index contributed by atoms with van der Waals surface area (Å²) in [6.45, 7) is 5.26. The molecule has 13 heavy (non-hydrogen) atoms. The summed E-state index contributed by atoms with van der Waals surface area (Å²) >= 11 is 0. The molecule has 0 heterocycles. The number of unbranched alkanes of at least 4 members (excludes halogenated alkanes) is 1. The summed E-state index contributed by atoms with van der Waals surface area (Å²) in [6, 6.07) is 1.96. The smallest absolute Gasteiger partial charge is 0.215 e. The Bertz CT molecular complexity index is 282. The summed E-state index contributed by atoms with van der Waals surface area (Å²) in [6.07, 6.45) is 0.943. The second-order valence-corrected chi connectivity index (χ2v) is 6.29. The highest BCUT2D eigenvalue weighted by Crippen LogP contribution is 2.12. The van der Waals surface area contributed by atoms with Crippen LogP contribution in [0.15, 0.2) is 0 Å². The van der Waals surface area contributed by atoms with Gasteiger partial charge in [-0.15, -0.1) is 0 Å². The summed E-state index contributed by atoms with van der Waals surface area (Å²) in [5, 5.41) is 8.23. The Labute approximate surface area is 80.0 Å². The van der Waals surface area contributed by atoms with Crippen molar-refractivity contribution in [3.8, 4) is 6.07 Å². The van der Waals surface area contributed by atoms with E-state index in [0.29, 0.717) is 19.4 Å². The summed E-state index contributed by atoms with van der Waals surface area (Å²) in [4.78, 5) is 0. The number of sulfonamides is 1. The van der Waals surface area contributed by atoms with E-state index >= 15 is 0 Å². The average molecular weight is 204 g/mol. The Morgan fingerprint density at radius 3 is 2.31 bits per heavy atom. The molecule has 0 bridgehead atoms. The molecule has 0 aliphatic carbocycles. The third-order valence-electron chi connectivity index (χ3n) is 1.56. The number of nitriles is 1. The number of rotatable bonds is 4. The zero-order valence-electron chi connectivity index (χ0n) is 8.29. The van der Waals surface area contributed by atoms with Crippen LogP contribution in [0.5, 0.6) is 0 Å². The molecule has 4 nitrogen and oxygen atoms in total. The monoisotopic (exact) mass is 204 g/mol. The van der Waals surface area contributed by atoms with Crippen molar-refractivity contribution in [2.45, 2.75) is 38.4 Å². The van der Waals surface area contributed by atoms with Crippen LogP contribution < -0.4 is 4.72 Å². The highest BCUT2D eigenvalue weighted by atomic mass is 32.2. The first-order valence-electron chi connectivity index (χ1n) is 4.17. The molecule has 0 aliphatic heterocycles. The van der Waals surface area contributed by atoms with Crippen molar-refractivity contribution in [1.82, 2.24) is 4.72 Å². The van der Waals surface area contributed by atoms with Crippen LogP contribution in [-0.2, 0) is 10.0 Å². The molecule has 0 saturated carbocycles. The Kier molecular flexibility index (Phi) is 4.37. The first-order valence-corrected chi connectivity index (χ1v) is 5.66. The Morgan fingerprint density at radius 2 is 1.92 bits per heavy atom. The molecule has 0 unspecified atom stereocenters. The van der Waals surface area contributed by atoms with Crippen LogP contribution in [0.3, 0.4) is 0 Å². The maximum Gasteiger partial charge on any atom is 0.216 e. The van der Waals surface area contributed by atoms with Crippen LogP contribution >= 0.6 is 0 Å². The normalized spacial score (nSPS) is 12.5. The molecule has 0 atom stereocenters. The molecule has 0 aromatic heterocycles. The van der Waals surface area contributed by atoms with E-state index in [1.54, 1.807) is 20.8 Å². The maximum absolute atomic E-state index is 11.4. The van der Waals surface area contributed by atoms with Gasteiger partial charge in [0.1, 0.15) is 0 Å². The second-order valence-electron chi connectivity index (χ2n) is 3.77. The highest BCUT2D eigenvalue weighted by Gasteiger charge is 2.27. The summed E-state index contributed by atoms with van der Waals surface area (Å²) in [5.74, 6) is 0. The molecule has 0 amide bonds. The van der Waals surface area contributed by atoms with Crippen molar-refractivity contribution in [2.75, 3.05) is 6.54 Å². The summed E-state index contributed by atoms with van der Waals surface area (Å²) in [5.41, 5.74) is 0. The van der Waals surface area contributed by atoms with Gasteiger partial charge in [0.2, 0.25) is 10.0 Å². The minimum absolute atomic E-state index is 0.340. The van der Waals surface area contributed by atoms with E-state index in [4.69, 9.17) is 5.26 Å². The predicted molar refractivity (Wildman–Crippen MR) is 51.5 cm³/mol. The largest absolute Gasteiger partial charge is 0.216 e. The maximum atomic E-state index is 11.4. The van der Waals surface area contributed by atoms with E-state index < -0.39 is 14.8 Å². The van der Waals surface area contributed by atoms with E-state index in [-0.39, 0.29) is 0 Å². The van der Waals surface area contributed by atoms with Gasteiger partial charge in [0.05, 0.1) is 10.8 Å². The van der Waals surface area contributed by atoms with Gasteiger partial charge in [0, 0.05) is 13.0 Å². The highest BCUT2D eigenvalue weighted by molar-refractivity contribution is 7.90. The van der Waals surface area contributed by atoms with Gasteiger partial charge < -0.3 is 0 Å². The Morgan fingerprint density at radius 1 is 1.38 bits per heavy atom. The number of hydrogen-bond donors (Lipinski definition) is 1. The van der Waals surface area contributed by atoms with Crippen LogP contribution in [0, 0.1) is 11.3 Å². The molecule has 76 valence electrons. The molecule has 0 rings (SSSR count). The molecule has 0 radical (unpaired) electrons. The molecular formula is C8H16N2O2S. The molecule has 0 fully saturated rings. The molecule has 0 aromatic carbocycles. The summed E-state index contributed by atoms with van der Waals surface area (Å²) in [7, 11) is -3.24. The van der Waals surface area contributed by atoms with Gasteiger partial charge in [-0.25, -0.2) is 13.1 Å². The van der Waals surface area contributed by atoms with Crippen LogP contribution in [0.1, 0.15) is 33.6 Å². The van der Waals surface area contributed by atoms with Crippen LogP contribution in [0.4, 0.5) is 0 Å². The number of hydrogen-bond acceptors (Lipinski definition) is 3. The van der Waals surface area contributed by atoms with E-state index in [0.717, 1.165) is 0 Å². The van der Waals surface area contributed by atoms with Gasteiger partial charge >= 0.3 is 0 Å². The Hall–Kier alpha value is -0.600. The first-order chi connectivity index (χ1) is 5.81. The molecule has 0 saturated heterocycles. The lowest BCUT2D eigenvalue weighted by Crippen LogP contribution is -2.39. The van der Waals surface area contributed by atoms with Crippen molar-refractivity contribution in [3.05, 3.63) is 0 Å². The summed E-state index contributed by atoms with van der Waals surface area (Å²) < 4.78 is 24.5. The predicted octanol–water partition coefficient (Wildman–Crippen LogP) is 1.01. The second kappa shape index (κ2) is 4.58. The minimum Gasteiger partial charge on any atom is -0.215 e. The van der Waals surface area contributed by atoms with Crippen LogP contribution in [0.25, 0.3) is 0 Å². The van der Waals surface area contributed by atoms with Crippen molar-refractivity contribution >= 4 is 10.0 Å². The van der Waals surface area contributed by atoms with Gasteiger partial charge in [-0.2, -0.15) is 5.26 Å². The fraction of sp³-hybridized carbons (Fsp3) is 0.875. The number of nitrogens with one attached hydrogen (secondary N) is 1. The molecule has 5 heteroatoms. The third-order valence-corrected chi connectivity index (χ3v) is 3.76. The standard InChI is InChI=1S/C8H16N2O2S/c1-8(2,3)13(11,12)10-7-5-4-6-9/h10H,4-5,7H2,1-3H3. The van der Waals surface area contributed by atoms with Gasteiger partial charge in [0.25, 0.3) is 0 Å². The fourth-order valence-corrected chi connectivity index (χ4v) is 1.44. The molecule has 0 spiro atoms. The quantitative estimate of drug-likeness (QED) is 0.695. The van der Waals surface area contributed by atoms with Gasteiger partial charge in [-0.3, -0.25) is 0 Å². The van der Waals surface area contributed by atoms with Gasteiger partial charge in [0.15, 0.2) is 0 Å². The topological polar surface area (TPSA) is 70.0 Å². The zero-order valence-corrected chi connectivity index (χ0v) is 9.11. The average Bonchev–Trinajstić information content (AvgIpc) is 1.96. The van der Waals surface area contributed by atoms with Crippen LogP contribution in [-0.4, -0.2) is 19.7 Å². The minimum atomic E-state index is -3.24. The molecule has 0 aliphatic rings.